The molecule has 0 amide bonds. The lowest BCUT2D eigenvalue weighted by molar-refractivity contribution is 0.140. The molecule has 6 nitrogen and oxygen atoms in total. The van der Waals surface area contributed by atoms with Crippen molar-refractivity contribution in [2.24, 2.45) is 0 Å². The van der Waals surface area contributed by atoms with Gasteiger partial charge in [0.15, 0.2) is 11.6 Å². The van der Waals surface area contributed by atoms with E-state index < -0.39 is 0 Å². The van der Waals surface area contributed by atoms with Crippen LogP contribution in [0.5, 0.6) is 5.75 Å². The van der Waals surface area contributed by atoms with Gasteiger partial charge in [0.05, 0.1) is 17.9 Å². The zero-order chi connectivity index (χ0) is 16.7. The summed E-state index contributed by atoms with van der Waals surface area (Å²) in [5.74, 6) is 1.99. The van der Waals surface area contributed by atoms with Gasteiger partial charge in [0.1, 0.15) is 6.61 Å². The van der Waals surface area contributed by atoms with Crippen LogP contribution in [0.4, 0.5) is 11.5 Å². The third kappa shape index (κ3) is 2.93. The standard InChI is InChI=1S/C18H29N5O/c1-14(2)22-8-9-23-16(12-22)13-24-17-10-15(11-19-18(17)23)21-6-4-20(3)5-7-21/h10-11,14,16H,4-9,12-13H2,1-3H3. The number of aromatic nitrogens is 1. The maximum atomic E-state index is 6.11. The van der Waals surface area contributed by atoms with Crippen LogP contribution in [-0.4, -0.2) is 86.3 Å². The topological polar surface area (TPSA) is 35.1 Å². The number of anilines is 2. The van der Waals surface area contributed by atoms with Crippen molar-refractivity contribution in [3.05, 3.63) is 12.3 Å². The maximum absolute atomic E-state index is 6.11. The number of pyridine rings is 1. The van der Waals surface area contributed by atoms with Crippen LogP contribution in [0.1, 0.15) is 13.8 Å². The minimum absolute atomic E-state index is 0.427. The Balaban J connectivity index is 1.51. The molecule has 4 heterocycles. The number of hydrogen-bond donors (Lipinski definition) is 0. The number of rotatable bonds is 2. The van der Waals surface area contributed by atoms with E-state index >= 15 is 0 Å². The van der Waals surface area contributed by atoms with Gasteiger partial charge in [0.25, 0.3) is 0 Å². The van der Waals surface area contributed by atoms with E-state index in [2.05, 4.69) is 46.6 Å². The molecule has 0 aromatic carbocycles. The molecule has 2 fully saturated rings. The van der Waals surface area contributed by atoms with Gasteiger partial charge in [-0.25, -0.2) is 4.98 Å². The third-order valence-electron chi connectivity index (χ3n) is 5.63. The molecule has 0 aliphatic carbocycles. The fourth-order valence-corrected chi connectivity index (χ4v) is 3.94. The smallest absolute Gasteiger partial charge is 0.171 e. The normalized spacial score (nSPS) is 25.4. The summed E-state index contributed by atoms with van der Waals surface area (Å²) in [7, 11) is 2.18. The van der Waals surface area contributed by atoms with Gasteiger partial charge in [-0.3, -0.25) is 4.90 Å². The van der Waals surface area contributed by atoms with Gasteiger partial charge in [0, 0.05) is 57.9 Å². The van der Waals surface area contributed by atoms with Crippen LogP contribution in [0, 0.1) is 0 Å². The monoisotopic (exact) mass is 331 g/mol. The SMILES string of the molecule is CC(C)N1CCN2c3ncc(N4CCN(C)CC4)cc3OCC2C1. The highest BCUT2D eigenvalue weighted by atomic mass is 16.5. The van der Waals surface area contributed by atoms with Gasteiger partial charge in [-0.2, -0.15) is 0 Å². The van der Waals surface area contributed by atoms with E-state index in [1.807, 2.05) is 6.20 Å². The molecule has 6 heteroatoms. The number of piperazine rings is 2. The molecule has 3 aliphatic heterocycles. The molecule has 0 N–H and O–H groups in total. The second kappa shape index (κ2) is 6.41. The first kappa shape index (κ1) is 16.0. The largest absolute Gasteiger partial charge is 0.487 e. The second-order valence-corrected chi connectivity index (χ2v) is 7.55. The Bertz CT molecular complexity index is 585. The average Bonchev–Trinajstić information content (AvgIpc) is 2.61. The lowest BCUT2D eigenvalue weighted by atomic mass is 10.1. The third-order valence-corrected chi connectivity index (χ3v) is 5.63. The minimum Gasteiger partial charge on any atom is -0.487 e. The molecule has 0 radical (unpaired) electrons. The minimum atomic E-state index is 0.427. The van der Waals surface area contributed by atoms with Crippen molar-refractivity contribution in [2.75, 3.05) is 69.3 Å². The predicted molar refractivity (Wildman–Crippen MR) is 97.3 cm³/mol. The molecular formula is C18H29N5O. The highest BCUT2D eigenvalue weighted by Crippen LogP contribution is 2.36. The van der Waals surface area contributed by atoms with Crippen molar-refractivity contribution < 1.29 is 4.74 Å². The van der Waals surface area contributed by atoms with E-state index in [0.717, 1.165) is 64.0 Å². The summed E-state index contributed by atoms with van der Waals surface area (Å²) in [4.78, 5) is 14.6. The number of likely N-dealkylation sites (N-methyl/N-ethyl adjacent to an activating group) is 1. The van der Waals surface area contributed by atoms with Crippen molar-refractivity contribution >= 4 is 11.5 Å². The van der Waals surface area contributed by atoms with Crippen LogP contribution in [-0.2, 0) is 0 Å². The van der Waals surface area contributed by atoms with Crippen molar-refractivity contribution in [1.29, 1.82) is 0 Å². The quantitative estimate of drug-likeness (QED) is 0.808. The summed E-state index contributed by atoms with van der Waals surface area (Å²) >= 11 is 0. The Morgan fingerprint density at radius 2 is 1.92 bits per heavy atom. The Kier molecular flexibility index (Phi) is 4.26. The second-order valence-electron chi connectivity index (χ2n) is 7.55. The van der Waals surface area contributed by atoms with Crippen molar-refractivity contribution in [2.45, 2.75) is 25.9 Å². The van der Waals surface area contributed by atoms with Crippen LogP contribution < -0.4 is 14.5 Å². The summed E-state index contributed by atoms with van der Waals surface area (Å²) in [6.45, 7) is 12.9. The number of fused-ring (bicyclic) bond motifs is 3. The van der Waals surface area contributed by atoms with Gasteiger partial charge >= 0.3 is 0 Å². The molecule has 132 valence electrons. The van der Waals surface area contributed by atoms with E-state index in [0.29, 0.717) is 12.1 Å². The summed E-state index contributed by atoms with van der Waals surface area (Å²) in [6, 6.07) is 3.22. The Morgan fingerprint density at radius 3 is 2.67 bits per heavy atom. The highest BCUT2D eigenvalue weighted by molar-refractivity contribution is 5.62. The summed E-state index contributed by atoms with van der Waals surface area (Å²) in [6.07, 6.45) is 2.03. The Hall–Kier alpha value is -1.53. The van der Waals surface area contributed by atoms with Crippen molar-refractivity contribution in [3.63, 3.8) is 0 Å². The van der Waals surface area contributed by atoms with E-state index in [4.69, 9.17) is 9.72 Å². The fourth-order valence-electron chi connectivity index (χ4n) is 3.94. The maximum Gasteiger partial charge on any atom is 0.171 e. The van der Waals surface area contributed by atoms with Crippen LogP contribution in [0.3, 0.4) is 0 Å². The van der Waals surface area contributed by atoms with E-state index in [1.165, 1.54) is 5.69 Å². The first-order chi connectivity index (χ1) is 11.6. The molecule has 2 saturated heterocycles. The van der Waals surface area contributed by atoms with Gasteiger partial charge in [0.2, 0.25) is 0 Å². The molecule has 1 unspecified atom stereocenters. The summed E-state index contributed by atoms with van der Waals surface area (Å²) in [5.41, 5.74) is 1.20. The molecule has 3 aliphatic rings. The van der Waals surface area contributed by atoms with Crippen molar-refractivity contribution in [3.8, 4) is 5.75 Å². The average molecular weight is 331 g/mol. The zero-order valence-corrected chi connectivity index (χ0v) is 15.1. The predicted octanol–water partition coefficient (Wildman–Crippen LogP) is 1.12. The molecule has 0 saturated carbocycles. The Morgan fingerprint density at radius 1 is 1.12 bits per heavy atom. The molecule has 24 heavy (non-hydrogen) atoms. The van der Waals surface area contributed by atoms with Gasteiger partial charge in [-0.05, 0) is 20.9 Å². The lowest BCUT2D eigenvalue weighted by Crippen LogP contribution is -2.58. The summed E-state index contributed by atoms with van der Waals surface area (Å²) < 4.78 is 6.11. The van der Waals surface area contributed by atoms with Gasteiger partial charge in [-0.15, -0.1) is 0 Å². The van der Waals surface area contributed by atoms with Crippen LogP contribution in [0.25, 0.3) is 0 Å². The first-order valence-electron chi connectivity index (χ1n) is 9.19. The van der Waals surface area contributed by atoms with Crippen molar-refractivity contribution in [1.82, 2.24) is 14.8 Å². The molecule has 1 aromatic rings. The fraction of sp³-hybridized carbons (Fsp3) is 0.722. The van der Waals surface area contributed by atoms with Crippen LogP contribution in [0.15, 0.2) is 12.3 Å². The molecular weight excluding hydrogens is 302 g/mol. The molecule has 0 spiro atoms. The first-order valence-corrected chi connectivity index (χ1v) is 9.19. The van der Waals surface area contributed by atoms with E-state index in [9.17, 15) is 0 Å². The van der Waals surface area contributed by atoms with Crippen LogP contribution >= 0.6 is 0 Å². The molecule has 1 atom stereocenters. The summed E-state index contributed by atoms with van der Waals surface area (Å²) in [5, 5.41) is 0. The molecule has 1 aromatic heterocycles. The Labute approximate surface area is 145 Å². The zero-order valence-electron chi connectivity index (χ0n) is 15.1. The van der Waals surface area contributed by atoms with Crippen LogP contribution in [0.2, 0.25) is 0 Å². The number of hydrogen-bond acceptors (Lipinski definition) is 6. The highest BCUT2D eigenvalue weighted by Gasteiger charge is 2.34. The van der Waals surface area contributed by atoms with E-state index in [1.54, 1.807) is 0 Å². The number of nitrogens with zero attached hydrogens (tertiary/aromatic N) is 5. The molecule has 4 rings (SSSR count). The van der Waals surface area contributed by atoms with Gasteiger partial charge in [-0.1, -0.05) is 0 Å². The molecule has 0 bridgehead atoms. The van der Waals surface area contributed by atoms with Gasteiger partial charge < -0.3 is 19.4 Å². The van der Waals surface area contributed by atoms with E-state index in [-0.39, 0.29) is 0 Å². The lowest BCUT2D eigenvalue weighted by Gasteiger charge is -2.46. The number of ether oxygens (including phenoxy) is 1.